The fourth-order valence-corrected chi connectivity index (χ4v) is 2.50. The van der Waals surface area contributed by atoms with Crippen molar-refractivity contribution in [2.45, 2.75) is 13.8 Å². The lowest BCUT2D eigenvalue weighted by molar-refractivity contribution is 0.0528. The Bertz CT molecular complexity index is 858. The average molecular weight is 316 g/mol. The van der Waals surface area contributed by atoms with E-state index in [1.54, 1.807) is 13.0 Å². The number of rotatable bonds is 3. The van der Waals surface area contributed by atoms with Gasteiger partial charge in [-0.3, -0.25) is 0 Å². The lowest BCUT2D eigenvalue weighted by Gasteiger charge is -2.07. The van der Waals surface area contributed by atoms with E-state index >= 15 is 0 Å². The Morgan fingerprint density at radius 2 is 2.14 bits per heavy atom. The molecule has 5 nitrogen and oxygen atoms in total. The number of esters is 1. The first kappa shape index (κ1) is 14.5. The van der Waals surface area contributed by atoms with E-state index in [0.717, 1.165) is 11.1 Å². The fraction of sp³-hybridized carbons (Fsp3) is 0.188. The van der Waals surface area contributed by atoms with Crippen LogP contribution in [0, 0.1) is 6.92 Å². The molecule has 0 saturated carbocycles. The van der Waals surface area contributed by atoms with Crippen LogP contribution in [-0.2, 0) is 4.74 Å². The van der Waals surface area contributed by atoms with Gasteiger partial charge in [-0.25, -0.2) is 14.3 Å². The molecule has 0 N–H and O–H groups in total. The highest BCUT2D eigenvalue weighted by Crippen LogP contribution is 2.26. The minimum atomic E-state index is -0.456. The van der Waals surface area contributed by atoms with E-state index in [2.05, 4.69) is 10.1 Å². The molecule has 0 fully saturated rings. The van der Waals surface area contributed by atoms with Gasteiger partial charge < -0.3 is 4.74 Å². The van der Waals surface area contributed by atoms with Crippen LogP contribution in [0.5, 0.6) is 0 Å². The van der Waals surface area contributed by atoms with Crippen LogP contribution in [0.25, 0.3) is 16.9 Å². The first-order valence-electron chi connectivity index (χ1n) is 6.89. The Kier molecular flexibility index (Phi) is 3.81. The van der Waals surface area contributed by atoms with Gasteiger partial charge in [-0.15, -0.1) is 0 Å². The van der Waals surface area contributed by atoms with Crippen molar-refractivity contribution in [3.63, 3.8) is 0 Å². The lowest BCUT2D eigenvalue weighted by atomic mass is 10.1. The van der Waals surface area contributed by atoms with E-state index in [1.807, 2.05) is 31.2 Å². The van der Waals surface area contributed by atoms with Gasteiger partial charge >= 0.3 is 5.97 Å². The maximum atomic E-state index is 12.0. The molecule has 0 atom stereocenters. The third-order valence-corrected chi connectivity index (χ3v) is 3.61. The predicted octanol–water partition coefficient (Wildman–Crippen LogP) is 3.53. The minimum Gasteiger partial charge on any atom is -0.462 e. The molecule has 0 spiro atoms. The van der Waals surface area contributed by atoms with Gasteiger partial charge in [-0.05, 0) is 19.4 Å². The summed E-state index contributed by atoms with van der Waals surface area (Å²) in [5.74, 6) is -0.456. The molecule has 22 heavy (non-hydrogen) atoms. The summed E-state index contributed by atoms with van der Waals surface area (Å²) in [6.07, 6.45) is 1.42. The zero-order valence-corrected chi connectivity index (χ0v) is 13.0. The van der Waals surface area contributed by atoms with Gasteiger partial charge in [-0.1, -0.05) is 35.9 Å². The molecule has 0 amide bonds. The number of halogens is 1. The SMILES string of the molecule is CCOC(=O)c1cnn2c(Cl)cc(-c3ccccc3C)nc12. The average Bonchev–Trinajstić information content (AvgIpc) is 2.92. The Balaban J connectivity index is 2.20. The van der Waals surface area contributed by atoms with Crippen molar-refractivity contribution in [1.29, 1.82) is 0 Å². The van der Waals surface area contributed by atoms with Gasteiger partial charge in [0.1, 0.15) is 10.7 Å². The molecule has 0 aliphatic rings. The summed E-state index contributed by atoms with van der Waals surface area (Å²) in [5, 5.41) is 4.49. The molecule has 3 aromatic rings. The van der Waals surface area contributed by atoms with Crippen LogP contribution in [-0.4, -0.2) is 27.2 Å². The molecule has 112 valence electrons. The second kappa shape index (κ2) is 5.77. The molecule has 0 aliphatic carbocycles. The van der Waals surface area contributed by atoms with Crippen molar-refractivity contribution in [2.75, 3.05) is 6.61 Å². The highest BCUT2D eigenvalue weighted by Gasteiger charge is 2.18. The van der Waals surface area contributed by atoms with E-state index < -0.39 is 5.97 Å². The van der Waals surface area contributed by atoms with Crippen molar-refractivity contribution in [3.05, 3.63) is 52.8 Å². The number of nitrogens with zero attached hydrogens (tertiary/aromatic N) is 3. The van der Waals surface area contributed by atoms with E-state index in [4.69, 9.17) is 16.3 Å². The van der Waals surface area contributed by atoms with E-state index in [0.29, 0.717) is 28.7 Å². The molecule has 0 radical (unpaired) electrons. The van der Waals surface area contributed by atoms with Crippen LogP contribution < -0.4 is 0 Å². The molecular weight excluding hydrogens is 302 g/mol. The van der Waals surface area contributed by atoms with Gasteiger partial charge in [0, 0.05) is 11.6 Å². The summed E-state index contributed by atoms with van der Waals surface area (Å²) >= 11 is 6.27. The van der Waals surface area contributed by atoms with Crippen LogP contribution in [0.3, 0.4) is 0 Å². The summed E-state index contributed by atoms with van der Waals surface area (Å²) in [4.78, 5) is 16.5. The highest BCUT2D eigenvalue weighted by atomic mass is 35.5. The van der Waals surface area contributed by atoms with E-state index in [9.17, 15) is 4.79 Å². The van der Waals surface area contributed by atoms with Crippen molar-refractivity contribution < 1.29 is 9.53 Å². The minimum absolute atomic E-state index is 0.293. The van der Waals surface area contributed by atoms with Gasteiger partial charge in [0.15, 0.2) is 5.65 Å². The number of benzene rings is 1. The predicted molar refractivity (Wildman–Crippen MR) is 84.1 cm³/mol. The fourth-order valence-electron chi connectivity index (χ4n) is 2.28. The zero-order valence-electron chi connectivity index (χ0n) is 12.2. The summed E-state index contributed by atoms with van der Waals surface area (Å²) in [5.41, 5.74) is 3.43. The summed E-state index contributed by atoms with van der Waals surface area (Å²) in [6, 6.07) is 9.59. The highest BCUT2D eigenvalue weighted by molar-refractivity contribution is 6.30. The molecule has 2 aromatic heterocycles. The Labute approximate surface area is 132 Å². The van der Waals surface area contributed by atoms with E-state index in [-0.39, 0.29) is 0 Å². The standard InChI is InChI=1S/C16H14ClN3O2/c1-3-22-16(21)12-9-18-20-14(17)8-13(19-15(12)20)11-7-5-4-6-10(11)2/h4-9H,3H2,1-2H3. The quantitative estimate of drug-likeness (QED) is 0.548. The molecular formula is C16H14ClN3O2. The van der Waals surface area contributed by atoms with Crippen molar-refractivity contribution in [2.24, 2.45) is 0 Å². The molecule has 0 bridgehead atoms. The number of carbonyl (C=O) groups is 1. The maximum absolute atomic E-state index is 12.0. The Morgan fingerprint density at radius 3 is 2.86 bits per heavy atom. The third-order valence-electron chi connectivity index (χ3n) is 3.34. The third kappa shape index (κ3) is 2.44. The molecule has 0 aliphatic heterocycles. The van der Waals surface area contributed by atoms with Crippen molar-refractivity contribution in [3.8, 4) is 11.3 Å². The zero-order chi connectivity index (χ0) is 15.7. The first-order chi connectivity index (χ1) is 10.6. The molecule has 3 rings (SSSR count). The number of fused-ring (bicyclic) bond motifs is 1. The van der Waals surface area contributed by atoms with Crippen LogP contribution in [0.15, 0.2) is 36.5 Å². The van der Waals surface area contributed by atoms with Crippen LogP contribution in [0.2, 0.25) is 5.15 Å². The molecule has 6 heteroatoms. The number of aromatic nitrogens is 3. The molecule has 0 unspecified atom stereocenters. The van der Waals surface area contributed by atoms with Gasteiger partial charge in [0.05, 0.1) is 18.5 Å². The van der Waals surface area contributed by atoms with E-state index in [1.165, 1.54) is 10.7 Å². The van der Waals surface area contributed by atoms with Crippen molar-refractivity contribution >= 4 is 23.2 Å². The molecule has 2 heterocycles. The maximum Gasteiger partial charge on any atom is 0.343 e. The van der Waals surface area contributed by atoms with Crippen LogP contribution >= 0.6 is 11.6 Å². The normalized spacial score (nSPS) is 10.9. The topological polar surface area (TPSA) is 56.5 Å². The largest absolute Gasteiger partial charge is 0.462 e. The second-order valence-corrected chi connectivity index (χ2v) is 5.18. The van der Waals surface area contributed by atoms with Crippen LogP contribution in [0.4, 0.5) is 0 Å². The monoisotopic (exact) mass is 315 g/mol. The molecule has 0 saturated heterocycles. The number of hydrogen-bond donors (Lipinski definition) is 0. The smallest absolute Gasteiger partial charge is 0.343 e. The summed E-state index contributed by atoms with van der Waals surface area (Å²) < 4.78 is 6.45. The first-order valence-corrected chi connectivity index (χ1v) is 7.27. The van der Waals surface area contributed by atoms with Gasteiger partial charge in [0.25, 0.3) is 0 Å². The summed E-state index contributed by atoms with van der Waals surface area (Å²) in [7, 11) is 0. The van der Waals surface area contributed by atoms with Crippen molar-refractivity contribution in [1.82, 2.24) is 14.6 Å². The lowest BCUT2D eigenvalue weighted by Crippen LogP contribution is -2.05. The number of carbonyl (C=O) groups excluding carboxylic acids is 1. The van der Waals surface area contributed by atoms with Crippen LogP contribution in [0.1, 0.15) is 22.8 Å². The Morgan fingerprint density at radius 1 is 1.36 bits per heavy atom. The Hall–Kier alpha value is -2.40. The van der Waals surface area contributed by atoms with Gasteiger partial charge in [-0.2, -0.15) is 5.10 Å². The van der Waals surface area contributed by atoms with Gasteiger partial charge in [0.2, 0.25) is 0 Å². The molecule has 1 aromatic carbocycles. The second-order valence-electron chi connectivity index (χ2n) is 4.79. The number of ether oxygens (including phenoxy) is 1. The number of hydrogen-bond acceptors (Lipinski definition) is 4. The summed E-state index contributed by atoms with van der Waals surface area (Å²) in [6.45, 7) is 4.04. The number of aryl methyl sites for hydroxylation is 1.